The summed E-state index contributed by atoms with van der Waals surface area (Å²) in [5.74, 6) is -0.399. The number of anilines is 2. The lowest BCUT2D eigenvalue weighted by atomic mass is 10.1. The quantitative estimate of drug-likeness (QED) is 0.290. The van der Waals surface area contributed by atoms with Crippen molar-refractivity contribution < 1.29 is 17.7 Å². The summed E-state index contributed by atoms with van der Waals surface area (Å²) in [6.45, 7) is 1.64. The highest BCUT2D eigenvalue weighted by Crippen LogP contribution is 2.29. The predicted octanol–water partition coefficient (Wildman–Crippen LogP) is 5.02. The molecule has 3 rings (SSSR count). The van der Waals surface area contributed by atoms with Gasteiger partial charge in [0, 0.05) is 16.8 Å². The van der Waals surface area contributed by atoms with Gasteiger partial charge in [-0.3, -0.25) is 20.3 Å². The summed E-state index contributed by atoms with van der Waals surface area (Å²) in [5, 5.41) is 16.0. The average molecular weight is 463 g/mol. The van der Waals surface area contributed by atoms with E-state index in [1.807, 2.05) is 0 Å². The maximum Gasteiger partial charge on any atom is 0.295 e. The van der Waals surface area contributed by atoms with E-state index in [1.54, 1.807) is 6.92 Å². The van der Waals surface area contributed by atoms with Gasteiger partial charge in [-0.15, -0.1) is 0 Å². The van der Waals surface area contributed by atoms with Gasteiger partial charge in [0.05, 0.1) is 15.5 Å². The molecule has 11 heteroatoms. The Morgan fingerprint density at radius 2 is 1.71 bits per heavy atom. The molecule has 0 heterocycles. The lowest BCUT2D eigenvalue weighted by molar-refractivity contribution is -0.384. The van der Waals surface area contributed by atoms with Gasteiger partial charge >= 0.3 is 0 Å². The van der Waals surface area contributed by atoms with Crippen molar-refractivity contribution in [3.05, 3.63) is 93.2 Å². The molecule has 0 atom stereocenters. The monoisotopic (exact) mass is 462 g/mol. The third kappa shape index (κ3) is 5.56. The molecule has 0 spiro atoms. The standard InChI is InChI=1S/C20H16ClFN4O4S/c1-13(14-2-6-16(22)7-3-14)23-24-19-11-10-18(12-20(19)26(27)28)31(29,30)25-17-8-4-15(21)5-9-17/h2-12,24-25H,1H3. The predicted molar refractivity (Wildman–Crippen MR) is 118 cm³/mol. The highest BCUT2D eigenvalue weighted by molar-refractivity contribution is 7.92. The van der Waals surface area contributed by atoms with E-state index in [4.69, 9.17) is 11.6 Å². The SMILES string of the molecule is CC(=NNc1ccc(S(=O)(=O)Nc2ccc(Cl)cc2)cc1[N+](=O)[O-])c1ccc(F)cc1. The van der Waals surface area contributed by atoms with Crippen molar-refractivity contribution in [1.82, 2.24) is 0 Å². The minimum Gasteiger partial charge on any atom is -0.280 e. The van der Waals surface area contributed by atoms with Gasteiger partial charge in [-0.1, -0.05) is 23.7 Å². The van der Waals surface area contributed by atoms with Crippen LogP contribution in [-0.4, -0.2) is 19.1 Å². The van der Waals surface area contributed by atoms with E-state index in [-0.39, 0.29) is 16.3 Å². The minimum atomic E-state index is -4.07. The first-order valence-corrected chi connectivity index (χ1v) is 10.6. The number of benzene rings is 3. The molecule has 0 aliphatic heterocycles. The van der Waals surface area contributed by atoms with Crippen LogP contribution >= 0.6 is 11.6 Å². The number of rotatable bonds is 7. The number of nitrogens with one attached hydrogen (secondary N) is 2. The molecule has 0 bridgehead atoms. The maximum absolute atomic E-state index is 13.0. The first kappa shape index (κ1) is 22.2. The molecule has 0 aliphatic rings. The second kappa shape index (κ2) is 9.11. The Hall–Kier alpha value is -3.50. The first-order chi connectivity index (χ1) is 14.7. The lowest BCUT2D eigenvalue weighted by Crippen LogP contribution is -2.13. The van der Waals surface area contributed by atoms with Crippen LogP contribution in [0.2, 0.25) is 5.02 Å². The summed E-state index contributed by atoms with van der Waals surface area (Å²) >= 11 is 5.78. The molecule has 0 radical (unpaired) electrons. The molecule has 0 saturated heterocycles. The maximum atomic E-state index is 13.0. The number of hydrogen-bond donors (Lipinski definition) is 2. The number of nitro groups is 1. The molecule has 0 aromatic heterocycles. The Morgan fingerprint density at radius 3 is 2.32 bits per heavy atom. The summed E-state index contributed by atoms with van der Waals surface area (Å²) in [4.78, 5) is 10.5. The molecule has 160 valence electrons. The van der Waals surface area contributed by atoms with Crippen LogP contribution < -0.4 is 10.1 Å². The zero-order valence-corrected chi connectivity index (χ0v) is 17.6. The number of nitro benzene ring substituents is 1. The zero-order chi connectivity index (χ0) is 22.6. The van der Waals surface area contributed by atoms with Crippen LogP contribution in [0.25, 0.3) is 0 Å². The van der Waals surface area contributed by atoms with E-state index >= 15 is 0 Å². The van der Waals surface area contributed by atoms with Gasteiger partial charge < -0.3 is 0 Å². The van der Waals surface area contributed by atoms with Gasteiger partial charge in [0.2, 0.25) is 0 Å². The molecule has 2 N–H and O–H groups in total. The molecule has 3 aromatic rings. The average Bonchev–Trinajstić information content (AvgIpc) is 2.73. The molecule has 8 nitrogen and oxygen atoms in total. The van der Waals surface area contributed by atoms with Crippen LogP contribution in [0.3, 0.4) is 0 Å². The van der Waals surface area contributed by atoms with E-state index < -0.39 is 26.5 Å². The number of halogens is 2. The largest absolute Gasteiger partial charge is 0.295 e. The summed E-state index contributed by atoms with van der Waals surface area (Å²) in [6, 6.07) is 14.9. The van der Waals surface area contributed by atoms with Gasteiger partial charge in [-0.2, -0.15) is 5.10 Å². The van der Waals surface area contributed by atoms with E-state index in [0.717, 1.165) is 6.07 Å². The third-order valence-corrected chi connectivity index (χ3v) is 5.81. The van der Waals surface area contributed by atoms with Crippen molar-refractivity contribution in [2.75, 3.05) is 10.1 Å². The van der Waals surface area contributed by atoms with Gasteiger partial charge in [-0.25, -0.2) is 12.8 Å². The van der Waals surface area contributed by atoms with Crippen LogP contribution in [0.5, 0.6) is 0 Å². The second-order valence-electron chi connectivity index (χ2n) is 6.36. The molecule has 0 saturated carbocycles. The fourth-order valence-electron chi connectivity index (χ4n) is 2.56. The lowest BCUT2D eigenvalue weighted by Gasteiger charge is -2.10. The fourth-order valence-corrected chi connectivity index (χ4v) is 3.76. The molecule has 0 unspecified atom stereocenters. The topological polar surface area (TPSA) is 114 Å². The van der Waals surface area contributed by atoms with Gasteiger partial charge in [-0.05, 0) is 61.0 Å². The van der Waals surface area contributed by atoms with E-state index in [1.165, 1.54) is 60.7 Å². The molecule has 0 amide bonds. The summed E-state index contributed by atoms with van der Waals surface area (Å²) in [5.41, 5.74) is 3.41. The number of nitrogens with zero attached hydrogens (tertiary/aromatic N) is 2. The van der Waals surface area contributed by atoms with E-state index in [2.05, 4.69) is 15.2 Å². The minimum absolute atomic E-state index is 0.00287. The van der Waals surface area contributed by atoms with Crippen molar-refractivity contribution in [1.29, 1.82) is 0 Å². The second-order valence-corrected chi connectivity index (χ2v) is 8.48. The van der Waals surface area contributed by atoms with Gasteiger partial charge in [0.15, 0.2) is 0 Å². The van der Waals surface area contributed by atoms with Gasteiger partial charge in [0.25, 0.3) is 15.7 Å². The number of sulfonamides is 1. The fraction of sp³-hybridized carbons (Fsp3) is 0.0500. The normalized spacial score (nSPS) is 11.8. The molecule has 3 aromatic carbocycles. The Balaban J connectivity index is 1.87. The van der Waals surface area contributed by atoms with Crippen molar-refractivity contribution in [3.63, 3.8) is 0 Å². The summed E-state index contributed by atoms with van der Waals surface area (Å²) < 4.78 is 40.6. The Bertz CT molecular complexity index is 1250. The van der Waals surface area contributed by atoms with Crippen LogP contribution in [0.15, 0.2) is 76.7 Å². The van der Waals surface area contributed by atoms with Crippen molar-refractivity contribution in [2.24, 2.45) is 5.10 Å². The number of hydrazone groups is 1. The van der Waals surface area contributed by atoms with E-state index in [0.29, 0.717) is 16.3 Å². The first-order valence-electron chi connectivity index (χ1n) is 8.79. The highest BCUT2D eigenvalue weighted by atomic mass is 35.5. The summed E-state index contributed by atoms with van der Waals surface area (Å²) in [6.07, 6.45) is 0. The Morgan fingerprint density at radius 1 is 1.06 bits per heavy atom. The zero-order valence-electron chi connectivity index (χ0n) is 16.0. The van der Waals surface area contributed by atoms with Crippen LogP contribution in [0, 0.1) is 15.9 Å². The summed E-state index contributed by atoms with van der Waals surface area (Å²) in [7, 11) is -4.07. The van der Waals surface area contributed by atoms with Crippen molar-refractivity contribution in [2.45, 2.75) is 11.8 Å². The Kier molecular flexibility index (Phi) is 6.52. The molecular formula is C20H16ClFN4O4S. The molecular weight excluding hydrogens is 447 g/mol. The number of hydrogen-bond acceptors (Lipinski definition) is 6. The highest BCUT2D eigenvalue weighted by Gasteiger charge is 2.21. The molecule has 31 heavy (non-hydrogen) atoms. The van der Waals surface area contributed by atoms with Crippen molar-refractivity contribution in [3.8, 4) is 0 Å². The third-order valence-electron chi connectivity index (χ3n) is 4.18. The van der Waals surface area contributed by atoms with Crippen LogP contribution in [-0.2, 0) is 10.0 Å². The van der Waals surface area contributed by atoms with E-state index in [9.17, 15) is 22.9 Å². The Labute approximate surface area is 182 Å². The molecule has 0 aliphatic carbocycles. The molecule has 0 fully saturated rings. The van der Waals surface area contributed by atoms with Crippen LogP contribution in [0.4, 0.5) is 21.5 Å². The van der Waals surface area contributed by atoms with Gasteiger partial charge in [0.1, 0.15) is 11.5 Å². The smallest absolute Gasteiger partial charge is 0.280 e. The van der Waals surface area contributed by atoms with Crippen molar-refractivity contribution >= 4 is 44.4 Å². The van der Waals surface area contributed by atoms with Crippen LogP contribution in [0.1, 0.15) is 12.5 Å².